The number of nitrogens with one attached hydrogen (secondary N) is 1. The van der Waals surface area contributed by atoms with Crippen LogP contribution in [0.5, 0.6) is 0 Å². The summed E-state index contributed by atoms with van der Waals surface area (Å²) < 4.78 is 0. The van der Waals surface area contributed by atoms with Gasteiger partial charge in [0.2, 0.25) is 5.95 Å². The lowest BCUT2D eigenvalue weighted by molar-refractivity contribution is 0.678. The largest absolute Gasteiger partial charge is 0.355 e. The predicted octanol–water partition coefficient (Wildman–Crippen LogP) is 2.59. The summed E-state index contributed by atoms with van der Waals surface area (Å²) in [4.78, 5) is 11.0. The van der Waals surface area contributed by atoms with Gasteiger partial charge in [0.1, 0.15) is 5.82 Å². The lowest BCUT2D eigenvalue weighted by Gasteiger charge is -2.23. The monoisotopic (exact) mass is 261 g/mol. The summed E-state index contributed by atoms with van der Waals surface area (Å²) in [5.41, 5.74) is 0.937. The zero-order chi connectivity index (χ0) is 14.3. The van der Waals surface area contributed by atoms with E-state index in [4.69, 9.17) is 5.26 Å². The van der Waals surface area contributed by atoms with E-state index >= 15 is 0 Å². The summed E-state index contributed by atoms with van der Waals surface area (Å²) in [7, 11) is 0. The lowest BCUT2D eigenvalue weighted by atomic mass is 10.2. The minimum Gasteiger partial charge on any atom is -0.355 e. The third-order valence-corrected chi connectivity index (χ3v) is 2.79. The van der Waals surface area contributed by atoms with Crippen molar-refractivity contribution in [3.8, 4) is 6.07 Å². The molecular formula is C14H23N5. The van der Waals surface area contributed by atoms with Gasteiger partial charge in [0, 0.05) is 31.4 Å². The number of aromatic nitrogens is 2. The van der Waals surface area contributed by atoms with Gasteiger partial charge in [-0.3, -0.25) is 0 Å². The Morgan fingerprint density at radius 2 is 2.16 bits per heavy atom. The van der Waals surface area contributed by atoms with E-state index in [-0.39, 0.29) is 5.92 Å². The number of rotatable bonds is 7. The molecule has 1 N–H and O–H groups in total. The first-order valence-electron chi connectivity index (χ1n) is 6.84. The Morgan fingerprint density at radius 1 is 1.42 bits per heavy atom. The Balaban J connectivity index is 2.90. The molecule has 0 radical (unpaired) electrons. The van der Waals surface area contributed by atoms with Crippen LogP contribution in [0.1, 0.15) is 32.9 Å². The standard InChI is InChI=1S/C14H23N5/c1-5-7-16-14-17-12(4)8-13(18-14)19(6-2)10-11(3)9-15/h8,11H,5-7,10H2,1-4H3,(H,16,17,18). The van der Waals surface area contributed by atoms with Crippen LogP contribution in [0.4, 0.5) is 11.8 Å². The van der Waals surface area contributed by atoms with Crippen LogP contribution in [0.2, 0.25) is 0 Å². The molecule has 0 aliphatic rings. The van der Waals surface area contributed by atoms with Gasteiger partial charge in [0.15, 0.2) is 0 Å². The van der Waals surface area contributed by atoms with E-state index < -0.39 is 0 Å². The number of nitriles is 1. The normalized spacial score (nSPS) is 11.7. The molecule has 5 nitrogen and oxygen atoms in total. The maximum atomic E-state index is 8.93. The fourth-order valence-electron chi connectivity index (χ4n) is 1.79. The van der Waals surface area contributed by atoms with Gasteiger partial charge in [-0.1, -0.05) is 6.92 Å². The van der Waals surface area contributed by atoms with Crippen LogP contribution in [-0.4, -0.2) is 29.6 Å². The fraction of sp³-hybridized carbons (Fsp3) is 0.643. The van der Waals surface area contributed by atoms with E-state index in [2.05, 4.69) is 40.1 Å². The van der Waals surface area contributed by atoms with Crippen molar-refractivity contribution in [2.24, 2.45) is 5.92 Å². The molecule has 5 heteroatoms. The Morgan fingerprint density at radius 3 is 2.74 bits per heavy atom. The molecule has 1 atom stereocenters. The Bertz CT molecular complexity index is 438. The van der Waals surface area contributed by atoms with Gasteiger partial charge in [0.25, 0.3) is 0 Å². The van der Waals surface area contributed by atoms with E-state index in [0.29, 0.717) is 12.5 Å². The summed E-state index contributed by atoms with van der Waals surface area (Å²) in [6.07, 6.45) is 1.04. The number of anilines is 2. The van der Waals surface area contributed by atoms with Gasteiger partial charge in [-0.05, 0) is 27.2 Å². The van der Waals surface area contributed by atoms with E-state index in [0.717, 1.165) is 31.0 Å². The number of nitrogens with zero attached hydrogens (tertiary/aromatic N) is 4. The van der Waals surface area contributed by atoms with Crippen LogP contribution in [0.25, 0.3) is 0 Å². The molecule has 0 spiro atoms. The van der Waals surface area contributed by atoms with E-state index in [1.54, 1.807) is 0 Å². The van der Waals surface area contributed by atoms with E-state index in [1.165, 1.54) is 0 Å². The maximum absolute atomic E-state index is 8.93. The van der Waals surface area contributed by atoms with Gasteiger partial charge in [-0.2, -0.15) is 10.2 Å². The Hall–Kier alpha value is -1.83. The van der Waals surface area contributed by atoms with Crippen molar-refractivity contribution in [2.75, 3.05) is 29.9 Å². The quantitative estimate of drug-likeness (QED) is 0.817. The molecule has 104 valence electrons. The molecule has 0 saturated heterocycles. The van der Waals surface area contributed by atoms with E-state index in [9.17, 15) is 0 Å². The van der Waals surface area contributed by atoms with Crippen LogP contribution in [0, 0.1) is 24.2 Å². The summed E-state index contributed by atoms with van der Waals surface area (Å²) in [5, 5.41) is 12.1. The third-order valence-electron chi connectivity index (χ3n) is 2.79. The molecule has 0 bridgehead atoms. The molecule has 1 unspecified atom stereocenters. The highest BCUT2D eigenvalue weighted by molar-refractivity contribution is 5.44. The first kappa shape index (κ1) is 15.2. The second kappa shape index (κ2) is 7.57. The molecule has 1 heterocycles. The third kappa shape index (κ3) is 4.74. The van der Waals surface area contributed by atoms with Gasteiger partial charge >= 0.3 is 0 Å². The van der Waals surface area contributed by atoms with Crippen molar-refractivity contribution < 1.29 is 0 Å². The first-order chi connectivity index (χ1) is 9.10. The van der Waals surface area contributed by atoms with Crippen LogP contribution in [0.15, 0.2) is 6.07 Å². The lowest BCUT2D eigenvalue weighted by Crippen LogP contribution is -2.29. The van der Waals surface area contributed by atoms with Crippen LogP contribution >= 0.6 is 0 Å². The average Bonchev–Trinajstić information content (AvgIpc) is 2.41. The first-order valence-corrected chi connectivity index (χ1v) is 6.84. The van der Waals surface area contributed by atoms with Gasteiger partial charge in [-0.15, -0.1) is 0 Å². The molecule has 0 aromatic carbocycles. The van der Waals surface area contributed by atoms with Gasteiger partial charge in [0.05, 0.1) is 12.0 Å². The summed E-state index contributed by atoms with van der Waals surface area (Å²) >= 11 is 0. The molecule has 1 rings (SSSR count). The molecule has 0 fully saturated rings. The summed E-state index contributed by atoms with van der Waals surface area (Å²) in [6, 6.07) is 4.23. The zero-order valence-corrected chi connectivity index (χ0v) is 12.3. The highest BCUT2D eigenvalue weighted by Gasteiger charge is 2.12. The van der Waals surface area contributed by atoms with Crippen molar-refractivity contribution in [2.45, 2.75) is 34.1 Å². The smallest absolute Gasteiger partial charge is 0.224 e. The van der Waals surface area contributed by atoms with Crippen molar-refractivity contribution in [1.29, 1.82) is 5.26 Å². The van der Waals surface area contributed by atoms with Crippen LogP contribution in [0.3, 0.4) is 0 Å². The van der Waals surface area contributed by atoms with Crippen molar-refractivity contribution >= 4 is 11.8 Å². The maximum Gasteiger partial charge on any atom is 0.224 e. The Kier molecular flexibility index (Phi) is 6.07. The second-order valence-corrected chi connectivity index (χ2v) is 4.69. The highest BCUT2D eigenvalue weighted by atomic mass is 15.2. The Labute approximate surface area is 115 Å². The molecule has 0 aliphatic heterocycles. The summed E-state index contributed by atoms with van der Waals surface area (Å²) in [6.45, 7) is 10.4. The topological polar surface area (TPSA) is 64.8 Å². The van der Waals surface area contributed by atoms with Crippen molar-refractivity contribution in [3.63, 3.8) is 0 Å². The molecule has 1 aromatic rings. The fourth-order valence-corrected chi connectivity index (χ4v) is 1.79. The van der Waals surface area contributed by atoms with Gasteiger partial charge in [-0.25, -0.2) is 4.98 Å². The van der Waals surface area contributed by atoms with Crippen molar-refractivity contribution in [1.82, 2.24) is 9.97 Å². The van der Waals surface area contributed by atoms with Crippen molar-refractivity contribution in [3.05, 3.63) is 11.8 Å². The molecule has 1 aromatic heterocycles. The molecule has 0 amide bonds. The average molecular weight is 261 g/mol. The highest BCUT2D eigenvalue weighted by Crippen LogP contribution is 2.16. The summed E-state index contributed by atoms with van der Waals surface area (Å²) in [5.74, 6) is 1.54. The molecule has 19 heavy (non-hydrogen) atoms. The van der Waals surface area contributed by atoms with Gasteiger partial charge < -0.3 is 10.2 Å². The number of hydrogen-bond acceptors (Lipinski definition) is 5. The van der Waals surface area contributed by atoms with E-state index in [1.807, 2.05) is 19.9 Å². The molecule has 0 aliphatic carbocycles. The second-order valence-electron chi connectivity index (χ2n) is 4.69. The molecular weight excluding hydrogens is 238 g/mol. The minimum atomic E-state index is -0.0118. The number of hydrogen-bond donors (Lipinski definition) is 1. The van der Waals surface area contributed by atoms with Crippen LogP contribution < -0.4 is 10.2 Å². The molecule has 0 saturated carbocycles. The number of aryl methyl sites for hydroxylation is 1. The predicted molar refractivity (Wildman–Crippen MR) is 78.2 cm³/mol. The minimum absolute atomic E-state index is 0.0118. The van der Waals surface area contributed by atoms with Crippen LogP contribution in [-0.2, 0) is 0 Å². The zero-order valence-electron chi connectivity index (χ0n) is 12.3. The SMILES string of the molecule is CCCNc1nc(C)cc(N(CC)CC(C)C#N)n1.